The highest BCUT2D eigenvalue weighted by atomic mass is 14.1. The van der Waals surface area contributed by atoms with Crippen molar-refractivity contribution in [3.8, 4) is 11.8 Å². The molecule has 0 aromatic heterocycles. The van der Waals surface area contributed by atoms with Gasteiger partial charge in [-0.1, -0.05) is 117 Å². The molecule has 1 atom stereocenters. The fraction of sp³-hybridized carbons (Fsp3) is 0.923. The number of hydrogen-bond acceptors (Lipinski definition) is 0. The molecule has 0 rings (SSSR count). The topological polar surface area (TPSA) is 0 Å². The van der Waals surface area contributed by atoms with Crippen LogP contribution in [0.15, 0.2) is 0 Å². The minimum Gasteiger partial charge on any atom is -0.103 e. The molecule has 0 aliphatic rings. The van der Waals surface area contributed by atoms with Crippen molar-refractivity contribution in [2.75, 3.05) is 0 Å². The molecule has 154 valence electrons. The van der Waals surface area contributed by atoms with Crippen LogP contribution in [0, 0.1) is 17.8 Å². The summed E-state index contributed by atoms with van der Waals surface area (Å²) in [5.41, 5.74) is 0. The normalized spacial score (nSPS) is 12.0. The molecule has 1 unspecified atom stereocenters. The van der Waals surface area contributed by atoms with E-state index >= 15 is 0 Å². The summed E-state index contributed by atoms with van der Waals surface area (Å²) in [6.07, 6.45) is 27.6. The molecular formula is C26H50. The first-order valence-corrected chi connectivity index (χ1v) is 12.3. The summed E-state index contributed by atoms with van der Waals surface area (Å²) in [4.78, 5) is 0. The maximum Gasteiger partial charge on any atom is 0.00887 e. The van der Waals surface area contributed by atoms with Crippen LogP contribution < -0.4 is 0 Å². The standard InChI is InChI=1S/C26H50/c1-4-7-9-11-13-14-15-16-18-20-22-25-26(23-6-3)24-21-19-17-12-10-8-5-2/h26H,4-15,17,19-25H2,1-3H3. The maximum absolute atomic E-state index is 3.43. The lowest BCUT2D eigenvalue weighted by Crippen LogP contribution is -2.00. The molecule has 0 N–H and O–H groups in total. The lowest BCUT2D eigenvalue weighted by Gasteiger charge is -2.15. The molecule has 0 radical (unpaired) electrons. The Labute approximate surface area is 167 Å². The van der Waals surface area contributed by atoms with Gasteiger partial charge in [-0.3, -0.25) is 0 Å². The van der Waals surface area contributed by atoms with E-state index in [-0.39, 0.29) is 0 Å². The largest absolute Gasteiger partial charge is 0.103 e. The second-order valence-electron chi connectivity index (χ2n) is 8.33. The van der Waals surface area contributed by atoms with Gasteiger partial charge < -0.3 is 0 Å². The van der Waals surface area contributed by atoms with Crippen molar-refractivity contribution < 1.29 is 0 Å². The van der Waals surface area contributed by atoms with Gasteiger partial charge in [0.1, 0.15) is 0 Å². The Balaban J connectivity index is 3.54. The van der Waals surface area contributed by atoms with Crippen LogP contribution in [0.3, 0.4) is 0 Å². The molecule has 0 heterocycles. The van der Waals surface area contributed by atoms with Gasteiger partial charge >= 0.3 is 0 Å². The molecule has 0 aromatic carbocycles. The van der Waals surface area contributed by atoms with E-state index in [9.17, 15) is 0 Å². The van der Waals surface area contributed by atoms with Gasteiger partial charge in [-0.2, -0.15) is 0 Å². The zero-order chi connectivity index (χ0) is 19.1. The molecule has 0 saturated heterocycles. The molecule has 0 heteroatoms. The van der Waals surface area contributed by atoms with Crippen molar-refractivity contribution in [3.05, 3.63) is 0 Å². The smallest absolute Gasteiger partial charge is 0.00887 e. The lowest BCUT2D eigenvalue weighted by atomic mass is 9.91. The third kappa shape index (κ3) is 19.9. The van der Waals surface area contributed by atoms with E-state index < -0.39 is 0 Å². The van der Waals surface area contributed by atoms with Gasteiger partial charge in [-0.05, 0) is 25.2 Å². The van der Waals surface area contributed by atoms with Gasteiger partial charge in [-0.15, -0.1) is 11.8 Å². The number of hydrogen-bond donors (Lipinski definition) is 0. The Morgan fingerprint density at radius 2 is 0.885 bits per heavy atom. The van der Waals surface area contributed by atoms with Crippen LogP contribution in [0.4, 0.5) is 0 Å². The van der Waals surface area contributed by atoms with E-state index in [1.807, 2.05) is 0 Å². The van der Waals surface area contributed by atoms with Crippen LogP contribution in [0.2, 0.25) is 0 Å². The summed E-state index contributed by atoms with van der Waals surface area (Å²) < 4.78 is 0. The molecular weight excluding hydrogens is 312 g/mol. The minimum atomic E-state index is 0.969. The Morgan fingerprint density at radius 1 is 0.423 bits per heavy atom. The fourth-order valence-electron chi connectivity index (χ4n) is 3.88. The molecule has 0 amide bonds. The number of rotatable bonds is 19. The zero-order valence-corrected chi connectivity index (χ0v) is 18.7. The van der Waals surface area contributed by atoms with Crippen LogP contribution in [-0.2, 0) is 0 Å². The summed E-state index contributed by atoms with van der Waals surface area (Å²) in [5, 5.41) is 0. The van der Waals surface area contributed by atoms with Crippen LogP contribution in [0.25, 0.3) is 0 Å². The SMILES string of the molecule is CCCCCCCCC#CCCCC(CCC)CCCCCCCCC. The van der Waals surface area contributed by atoms with Gasteiger partial charge in [0.25, 0.3) is 0 Å². The van der Waals surface area contributed by atoms with E-state index in [1.54, 1.807) is 0 Å². The van der Waals surface area contributed by atoms with Gasteiger partial charge in [0.2, 0.25) is 0 Å². The first-order valence-electron chi connectivity index (χ1n) is 12.3. The van der Waals surface area contributed by atoms with Crippen molar-refractivity contribution in [1.29, 1.82) is 0 Å². The number of unbranched alkanes of at least 4 members (excludes halogenated alkanes) is 13. The monoisotopic (exact) mass is 362 g/mol. The molecule has 0 spiro atoms. The molecule has 0 aliphatic heterocycles. The molecule has 26 heavy (non-hydrogen) atoms. The van der Waals surface area contributed by atoms with Crippen LogP contribution in [0.1, 0.15) is 149 Å². The zero-order valence-electron chi connectivity index (χ0n) is 18.7. The minimum absolute atomic E-state index is 0.969. The van der Waals surface area contributed by atoms with Crippen molar-refractivity contribution in [2.45, 2.75) is 149 Å². The fourth-order valence-corrected chi connectivity index (χ4v) is 3.88. The average molecular weight is 363 g/mol. The quantitative estimate of drug-likeness (QED) is 0.158. The van der Waals surface area contributed by atoms with Crippen LogP contribution in [0.5, 0.6) is 0 Å². The van der Waals surface area contributed by atoms with E-state index in [1.165, 1.54) is 116 Å². The van der Waals surface area contributed by atoms with E-state index in [0.29, 0.717) is 0 Å². The van der Waals surface area contributed by atoms with Gasteiger partial charge in [-0.25, -0.2) is 0 Å². The Bertz CT molecular complexity index is 306. The second-order valence-corrected chi connectivity index (χ2v) is 8.33. The van der Waals surface area contributed by atoms with Crippen LogP contribution >= 0.6 is 0 Å². The van der Waals surface area contributed by atoms with Crippen molar-refractivity contribution in [2.24, 2.45) is 5.92 Å². The van der Waals surface area contributed by atoms with Crippen LogP contribution in [-0.4, -0.2) is 0 Å². The predicted molar refractivity (Wildman–Crippen MR) is 121 cm³/mol. The molecule has 0 saturated carbocycles. The first-order chi connectivity index (χ1) is 12.8. The maximum atomic E-state index is 3.43. The van der Waals surface area contributed by atoms with Crippen molar-refractivity contribution in [1.82, 2.24) is 0 Å². The summed E-state index contributed by atoms with van der Waals surface area (Å²) in [5.74, 6) is 7.81. The van der Waals surface area contributed by atoms with Gasteiger partial charge in [0.05, 0.1) is 0 Å². The molecule has 0 aromatic rings. The average Bonchev–Trinajstić information content (AvgIpc) is 2.65. The molecule has 0 aliphatic carbocycles. The third-order valence-corrected chi connectivity index (χ3v) is 5.61. The van der Waals surface area contributed by atoms with Crippen molar-refractivity contribution >= 4 is 0 Å². The van der Waals surface area contributed by atoms with E-state index in [2.05, 4.69) is 32.6 Å². The second kappa shape index (κ2) is 22.6. The third-order valence-electron chi connectivity index (χ3n) is 5.61. The molecule has 0 nitrogen and oxygen atoms in total. The summed E-state index contributed by atoms with van der Waals surface area (Å²) in [6, 6.07) is 0. The van der Waals surface area contributed by atoms with Crippen molar-refractivity contribution in [3.63, 3.8) is 0 Å². The van der Waals surface area contributed by atoms with E-state index in [4.69, 9.17) is 0 Å². The van der Waals surface area contributed by atoms with Gasteiger partial charge in [0, 0.05) is 12.8 Å². The summed E-state index contributed by atoms with van der Waals surface area (Å²) in [7, 11) is 0. The molecule has 0 fully saturated rings. The predicted octanol–water partition coefficient (Wildman–Crippen LogP) is 9.47. The highest BCUT2D eigenvalue weighted by Crippen LogP contribution is 2.22. The highest BCUT2D eigenvalue weighted by Gasteiger charge is 2.07. The molecule has 0 bridgehead atoms. The Hall–Kier alpha value is -0.440. The Kier molecular flexibility index (Phi) is 22.2. The summed E-state index contributed by atoms with van der Waals surface area (Å²) in [6.45, 7) is 6.93. The van der Waals surface area contributed by atoms with E-state index in [0.717, 1.165) is 18.8 Å². The Morgan fingerprint density at radius 3 is 1.46 bits per heavy atom. The first kappa shape index (κ1) is 25.6. The van der Waals surface area contributed by atoms with Gasteiger partial charge in [0.15, 0.2) is 0 Å². The lowest BCUT2D eigenvalue weighted by molar-refractivity contribution is 0.386. The highest BCUT2D eigenvalue weighted by molar-refractivity contribution is 4.98. The summed E-state index contributed by atoms with van der Waals surface area (Å²) >= 11 is 0.